The molecule has 72 valence electrons. The largest absolute Gasteiger partial charge is 0.376 e. The predicted molar refractivity (Wildman–Crippen MR) is 45.3 cm³/mol. The number of nitrogens with two attached hydrogens (primary N) is 1. The van der Waals surface area contributed by atoms with Gasteiger partial charge in [0.05, 0.1) is 12.7 Å². The Kier molecular flexibility index (Phi) is 3.53. The SMILES string of the molecule is COCC(=O)c1cnnn1CCN. The topological polar surface area (TPSA) is 83.0 Å². The van der Waals surface area contributed by atoms with Crippen LogP contribution in [0.1, 0.15) is 10.5 Å². The van der Waals surface area contributed by atoms with Crippen molar-refractivity contribution >= 4 is 5.78 Å². The van der Waals surface area contributed by atoms with Crippen LogP contribution >= 0.6 is 0 Å². The van der Waals surface area contributed by atoms with E-state index in [4.69, 9.17) is 10.5 Å². The first-order valence-electron chi connectivity index (χ1n) is 3.90. The van der Waals surface area contributed by atoms with E-state index in [-0.39, 0.29) is 12.4 Å². The van der Waals surface area contributed by atoms with Crippen LogP contribution in [0.25, 0.3) is 0 Å². The van der Waals surface area contributed by atoms with E-state index in [0.717, 1.165) is 0 Å². The van der Waals surface area contributed by atoms with Gasteiger partial charge in [-0.3, -0.25) is 4.79 Å². The second-order valence-corrected chi connectivity index (χ2v) is 2.49. The maximum atomic E-state index is 11.3. The molecule has 0 fully saturated rings. The molecule has 1 aromatic rings. The second-order valence-electron chi connectivity index (χ2n) is 2.49. The molecule has 6 heteroatoms. The van der Waals surface area contributed by atoms with Gasteiger partial charge in [-0.15, -0.1) is 5.10 Å². The van der Waals surface area contributed by atoms with Crippen LogP contribution in [-0.2, 0) is 11.3 Å². The van der Waals surface area contributed by atoms with Crippen molar-refractivity contribution in [1.29, 1.82) is 0 Å². The zero-order valence-electron chi connectivity index (χ0n) is 7.43. The summed E-state index contributed by atoms with van der Waals surface area (Å²) in [6.07, 6.45) is 1.41. The zero-order valence-corrected chi connectivity index (χ0v) is 7.43. The summed E-state index contributed by atoms with van der Waals surface area (Å²) in [7, 11) is 1.47. The molecule has 0 amide bonds. The van der Waals surface area contributed by atoms with E-state index in [1.165, 1.54) is 18.0 Å². The molecular weight excluding hydrogens is 172 g/mol. The molecule has 2 N–H and O–H groups in total. The average molecular weight is 184 g/mol. The van der Waals surface area contributed by atoms with Crippen LogP contribution < -0.4 is 5.73 Å². The average Bonchev–Trinajstić information content (AvgIpc) is 2.54. The predicted octanol–water partition coefficient (Wildman–Crippen LogP) is -0.934. The summed E-state index contributed by atoms with van der Waals surface area (Å²) >= 11 is 0. The Morgan fingerprint density at radius 3 is 3.15 bits per heavy atom. The number of ether oxygens (including phenoxy) is 1. The number of carbonyl (C=O) groups is 1. The molecule has 1 aromatic heterocycles. The van der Waals surface area contributed by atoms with Crippen LogP contribution in [0.3, 0.4) is 0 Å². The maximum Gasteiger partial charge on any atom is 0.208 e. The molecule has 0 saturated heterocycles. The van der Waals surface area contributed by atoms with Crippen molar-refractivity contribution in [1.82, 2.24) is 15.0 Å². The quantitative estimate of drug-likeness (QED) is 0.597. The molecule has 0 bridgehead atoms. The summed E-state index contributed by atoms with van der Waals surface area (Å²) in [5.74, 6) is -0.138. The second kappa shape index (κ2) is 4.68. The number of Topliss-reactive ketones (excluding diaryl/α,β-unsaturated/α-hetero) is 1. The third-order valence-electron chi connectivity index (χ3n) is 1.52. The Labute approximate surface area is 75.7 Å². The molecule has 0 unspecified atom stereocenters. The highest BCUT2D eigenvalue weighted by Crippen LogP contribution is 1.97. The smallest absolute Gasteiger partial charge is 0.208 e. The van der Waals surface area contributed by atoms with Gasteiger partial charge < -0.3 is 10.5 Å². The Hall–Kier alpha value is -1.27. The normalized spacial score (nSPS) is 10.3. The lowest BCUT2D eigenvalue weighted by atomic mass is 10.3. The minimum absolute atomic E-state index is 0.0396. The third-order valence-corrected chi connectivity index (χ3v) is 1.52. The van der Waals surface area contributed by atoms with E-state index in [9.17, 15) is 4.79 Å². The van der Waals surface area contributed by atoms with Crippen molar-refractivity contribution in [3.63, 3.8) is 0 Å². The lowest BCUT2D eigenvalue weighted by Gasteiger charge is -2.02. The first kappa shape index (κ1) is 9.82. The van der Waals surface area contributed by atoms with Crippen LogP contribution in [0, 0.1) is 0 Å². The first-order valence-corrected chi connectivity index (χ1v) is 3.90. The Morgan fingerprint density at radius 1 is 1.77 bits per heavy atom. The van der Waals surface area contributed by atoms with Gasteiger partial charge in [-0.25, -0.2) is 4.68 Å². The number of aromatic nitrogens is 3. The molecule has 0 spiro atoms. The fourth-order valence-corrected chi connectivity index (χ4v) is 0.966. The van der Waals surface area contributed by atoms with Crippen molar-refractivity contribution in [2.24, 2.45) is 5.73 Å². The van der Waals surface area contributed by atoms with E-state index < -0.39 is 0 Å². The van der Waals surface area contributed by atoms with Gasteiger partial charge in [0.2, 0.25) is 5.78 Å². The van der Waals surface area contributed by atoms with Gasteiger partial charge in [-0.1, -0.05) is 5.21 Å². The fraction of sp³-hybridized carbons (Fsp3) is 0.571. The van der Waals surface area contributed by atoms with Crippen LogP contribution in [0.4, 0.5) is 0 Å². The minimum atomic E-state index is -0.138. The van der Waals surface area contributed by atoms with Gasteiger partial charge in [0.15, 0.2) is 0 Å². The molecule has 0 aliphatic heterocycles. The van der Waals surface area contributed by atoms with E-state index in [1.807, 2.05) is 0 Å². The molecule has 0 aromatic carbocycles. The Balaban J connectivity index is 2.74. The summed E-state index contributed by atoms with van der Waals surface area (Å²) in [6, 6.07) is 0. The number of rotatable bonds is 5. The highest BCUT2D eigenvalue weighted by molar-refractivity contribution is 5.95. The van der Waals surface area contributed by atoms with Crippen LogP contribution in [-0.4, -0.2) is 41.0 Å². The monoisotopic (exact) mass is 184 g/mol. The van der Waals surface area contributed by atoms with Gasteiger partial charge in [-0.2, -0.15) is 0 Å². The van der Waals surface area contributed by atoms with Gasteiger partial charge in [0.1, 0.15) is 12.3 Å². The van der Waals surface area contributed by atoms with Crippen molar-refractivity contribution in [2.45, 2.75) is 6.54 Å². The summed E-state index contributed by atoms with van der Waals surface area (Å²) in [5, 5.41) is 7.34. The van der Waals surface area contributed by atoms with Gasteiger partial charge in [0, 0.05) is 13.7 Å². The van der Waals surface area contributed by atoms with Crippen molar-refractivity contribution in [2.75, 3.05) is 20.3 Å². The van der Waals surface area contributed by atoms with Crippen LogP contribution in [0.2, 0.25) is 0 Å². The zero-order chi connectivity index (χ0) is 9.68. The summed E-state index contributed by atoms with van der Waals surface area (Å²) in [6.45, 7) is 0.958. The molecule has 0 aliphatic rings. The molecule has 1 heterocycles. The summed E-state index contributed by atoms with van der Waals surface area (Å²) < 4.78 is 6.18. The van der Waals surface area contributed by atoms with Crippen molar-refractivity contribution in [3.05, 3.63) is 11.9 Å². The van der Waals surface area contributed by atoms with Gasteiger partial charge >= 0.3 is 0 Å². The van der Waals surface area contributed by atoms with E-state index in [2.05, 4.69) is 10.3 Å². The molecule has 1 rings (SSSR count). The van der Waals surface area contributed by atoms with Gasteiger partial charge in [0.25, 0.3) is 0 Å². The number of nitrogens with zero attached hydrogens (tertiary/aromatic N) is 3. The summed E-state index contributed by atoms with van der Waals surface area (Å²) in [5.41, 5.74) is 5.77. The Bertz CT molecular complexity index is 284. The number of hydrogen-bond donors (Lipinski definition) is 1. The molecule has 0 radical (unpaired) electrons. The van der Waals surface area contributed by atoms with E-state index >= 15 is 0 Å². The molecule has 0 atom stereocenters. The Morgan fingerprint density at radius 2 is 2.54 bits per heavy atom. The van der Waals surface area contributed by atoms with Crippen LogP contribution in [0.15, 0.2) is 6.20 Å². The molecule has 0 saturated carbocycles. The number of hydrogen-bond acceptors (Lipinski definition) is 5. The molecular formula is C7H12N4O2. The van der Waals surface area contributed by atoms with E-state index in [1.54, 1.807) is 0 Å². The van der Waals surface area contributed by atoms with Crippen molar-refractivity contribution in [3.8, 4) is 0 Å². The highest BCUT2D eigenvalue weighted by Gasteiger charge is 2.11. The van der Waals surface area contributed by atoms with Gasteiger partial charge in [-0.05, 0) is 0 Å². The number of methoxy groups -OCH3 is 1. The lowest BCUT2D eigenvalue weighted by molar-refractivity contribution is 0.0837. The molecule has 13 heavy (non-hydrogen) atoms. The van der Waals surface area contributed by atoms with Crippen LogP contribution in [0.5, 0.6) is 0 Å². The first-order chi connectivity index (χ1) is 6.29. The van der Waals surface area contributed by atoms with Crippen molar-refractivity contribution < 1.29 is 9.53 Å². The summed E-state index contributed by atoms with van der Waals surface area (Å²) in [4.78, 5) is 11.3. The molecule has 0 aliphatic carbocycles. The maximum absolute atomic E-state index is 11.3. The third kappa shape index (κ3) is 2.33. The number of carbonyl (C=O) groups excluding carboxylic acids is 1. The number of ketones is 1. The lowest BCUT2D eigenvalue weighted by Crippen LogP contribution is -2.18. The fourth-order valence-electron chi connectivity index (χ4n) is 0.966. The molecule has 6 nitrogen and oxygen atoms in total. The standard InChI is InChI=1S/C7H12N4O2/c1-13-5-7(12)6-4-9-10-11(6)3-2-8/h4H,2-3,5,8H2,1H3. The minimum Gasteiger partial charge on any atom is -0.376 e. The highest BCUT2D eigenvalue weighted by atomic mass is 16.5. The van der Waals surface area contributed by atoms with E-state index in [0.29, 0.717) is 18.8 Å².